The normalized spacial score (nSPS) is 28.7. The molecule has 0 radical (unpaired) electrons. The summed E-state index contributed by atoms with van der Waals surface area (Å²) in [5.41, 5.74) is 0. The molecule has 4 heterocycles. The molecular formula is C18H28N4O3. The summed E-state index contributed by atoms with van der Waals surface area (Å²) in [4.78, 5) is 19.6. The van der Waals surface area contributed by atoms with Crippen molar-refractivity contribution in [3.63, 3.8) is 0 Å². The second kappa shape index (κ2) is 7.85. The van der Waals surface area contributed by atoms with Crippen molar-refractivity contribution in [3.8, 4) is 0 Å². The zero-order chi connectivity index (χ0) is 17.1. The Kier molecular flexibility index (Phi) is 5.33. The molecule has 25 heavy (non-hydrogen) atoms. The molecule has 1 aromatic heterocycles. The van der Waals surface area contributed by atoms with Crippen LogP contribution >= 0.6 is 0 Å². The molecule has 3 aliphatic heterocycles. The van der Waals surface area contributed by atoms with Crippen LogP contribution in [0.4, 0.5) is 0 Å². The number of amides is 1. The van der Waals surface area contributed by atoms with Gasteiger partial charge in [0.15, 0.2) is 0 Å². The predicted molar refractivity (Wildman–Crippen MR) is 92.4 cm³/mol. The fraction of sp³-hybridized carbons (Fsp3) is 0.778. The molecule has 0 N–H and O–H groups in total. The number of carbonyl (C=O) groups excluding carboxylic acids is 1. The van der Waals surface area contributed by atoms with E-state index in [0.29, 0.717) is 11.8 Å². The highest BCUT2D eigenvalue weighted by molar-refractivity contribution is 5.91. The van der Waals surface area contributed by atoms with Gasteiger partial charge in [-0.25, -0.2) is 0 Å². The van der Waals surface area contributed by atoms with Gasteiger partial charge in [-0.1, -0.05) is 5.16 Å². The minimum Gasteiger partial charge on any atom is -0.375 e. The van der Waals surface area contributed by atoms with Crippen LogP contribution in [-0.2, 0) is 4.74 Å². The van der Waals surface area contributed by atoms with Crippen LogP contribution in [0.1, 0.15) is 36.2 Å². The highest BCUT2D eigenvalue weighted by atomic mass is 16.5. The van der Waals surface area contributed by atoms with Crippen molar-refractivity contribution < 1.29 is 14.1 Å². The van der Waals surface area contributed by atoms with E-state index in [1.807, 2.05) is 4.90 Å². The van der Waals surface area contributed by atoms with Gasteiger partial charge in [0.2, 0.25) is 5.76 Å². The Morgan fingerprint density at radius 1 is 1.12 bits per heavy atom. The maximum absolute atomic E-state index is 12.5. The molecule has 0 aliphatic carbocycles. The summed E-state index contributed by atoms with van der Waals surface area (Å²) in [5.74, 6) is 0.274. The van der Waals surface area contributed by atoms with Gasteiger partial charge < -0.3 is 19.1 Å². The average molecular weight is 348 g/mol. The van der Waals surface area contributed by atoms with Crippen LogP contribution in [-0.4, -0.2) is 90.3 Å². The standard InChI is InChI=1S/C18H28N4O3/c23-18(17-3-6-19-25-17)22-9-4-15-16(5-10-22)24-14-13-21(15)12-11-20-7-1-2-8-20/h3,6,15-16H,1-2,4-5,7-14H2/t15-,16-/m1/s1. The van der Waals surface area contributed by atoms with Crippen LogP contribution in [0.2, 0.25) is 0 Å². The number of carbonyl (C=O) groups is 1. The predicted octanol–water partition coefficient (Wildman–Crippen LogP) is 1.08. The zero-order valence-electron chi connectivity index (χ0n) is 14.8. The number of morpholine rings is 1. The van der Waals surface area contributed by atoms with Gasteiger partial charge in [-0.2, -0.15) is 0 Å². The van der Waals surface area contributed by atoms with Crippen molar-refractivity contribution >= 4 is 5.91 Å². The van der Waals surface area contributed by atoms with Crippen LogP contribution < -0.4 is 0 Å². The molecular weight excluding hydrogens is 320 g/mol. The number of hydrogen-bond donors (Lipinski definition) is 0. The van der Waals surface area contributed by atoms with E-state index >= 15 is 0 Å². The molecule has 138 valence electrons. The SMILES string of the molecule is O=C(c1ccno1)N1CC[C@@H]2[C@@H](CC1)OCCN2CCN1CCCC1. The Morgan fingerprint density at radius 3 is 2.76 bits per heavy atom. The van der Waals surface area contributed by atoms with Crippen LogP contribution in [0, 0.1) is 0 Å². The second-order valence-corrected chi connectivity index (χ2v) is 7.31. The molecule has 7 nitrogen and oxygen atoms in total. The summed E-state index contributed by atoms with van der Waals surface area (Å²) in [6.45, 7) is 8.05. The summed E-state index contributed by atoms with van der Waals surface area (Å²) >= 11 is 0. The maximum atomic E-state index is 12.5. The van der Waals surface area contributed by atoms with E-state index in [1.165, 1.54) is 32.1 Å². The van der Waals surface area contributed by atoms with Gasteiger partial charge in [-0.3, -0.25) is 9.69 Å². The van der Waals surface area contributed by atoms with Gasteiger partial charge in [0, 0.05) is 44.8 Å². The summed E-state index contributed by atoms with van der Waals surface area (Å²) in [5, 5.41) is 3.65. The molecule has 7 heteroatoms. The summed E-state index contributed by atoms with van der Waals surface area (Å²) in [6.07, 6.45) is 6.30. The summed E-state index contributed by atoms with van der Waals surface area (Å²) in [6, 6.07) is 2.06. The van der Waals surface area contributed by atoms with Crippen molar-refractivity contribution in [2.24, 2.45) is 0 Å². The van der Waals surface area contributed by atoms with E-state index in [-0.39, 0.29) is 12.0 Å². The minimum absolute atomic E-state index is 0.0558. The molecule has 2 atom stereocenters. The van der Waals surface area contributed by atoms with Crippen molar-refractivity contribution in [1.82, 2.24) is 19.9 Å². The Morgan fingerprint density at radius 2 is 1.96 bits per heavy atom. The van der Waals surface area contributed by atoms with Crippen LogP contribution in [0.3, 0.4) is 0 Å². The van der Waals surface area contributed by atoms with Gasteiger partial charge in [-0.05, 0) is 38.8 Å². The monoisotopic (exact) mass is 348 g/mol. The number of rotatable bonds is 4. The first kappa shape index (κ1) is 17.0. The third-order valence-corrected chi connectivity index (χ3v) is 5.82. The van der Waals surface area contributed by atoms with Crippen LogP contribution in [0.5, 0.6) is 0 Å². The first-order chi connectivity index (χ1) is 12.3. The molecule has 0 bridgehead atoms. The lowest BCUT2D eigenvalue weighted by Gasteiger charge is -2.41. The number of fused-ring (bicyclic) bond motifs is 1. The van der Waals surface area contributed by atoms with E-state index < -0.39 is 0 Å². The second-order valence-electron chi connectivity index (χ2n) is 7.31. The van der Waals surface area contributed by atoms with Crippen molar-refractivity contribution in [2.75, 3.05) is 52.4 Å². The van der Waals surface area contributed by atoms with Gasteiger partial charge in [0.1, 0.15) is 0 Å². The molecule has 1 aromatic rings. The first-order valence-corrected chi connectivity index (χ1v) is 9.59. The van der Waals surface area contributed by atoms with Crippen molar-refractivity contribution in [2.45, 2.75) is 37.8 Å². The summed E-state index contributed by atoms with van der Waals surface area (Å²) < 4.78 is 11.1. The first-order valence-electron chi connectivity index (χ1n) is 9.59. The number of likely N-dealkylation sites (tertiary alicyclic amines) is 2. The molecule has 1 amide bonds. The van der Waals surface area contributed by atoms with Gasteiger partial charge in [0.05, 0.1) is 18.9 Å². The smallest absolute Gasteiger partial charge is 0.292 e. The lowest BCUT2D eigenvalue weighted by Crippen LogP contribution is -2.53. The molecule has 0 aromatic carbocycles. The minimum atomic E-state index is -0.0558. The van der Waals surface area contributed by atoms with Gasteiger partial charge in [-0.15, -0.1) is 0 Å². The molecule has 0 spiro atoms. The number of aromatic nitrogens is 1. The molecule has 4 rings (SSSR count). The molecule has 0 saturated carbocycles. The molecule has 0 unspecified atom stereocenters. The fourth-order valence-electron chi connectivity index (χ4n) is 4.40. The lowest BCUT2D eigenvalue weighted by molar-refractivity contribution is -0.0727. The van der Waals surface area contributed by atoms with E-state index in [9.17, 15) is 4.79 Å². The van der Waals surface area contributed by atoms with Crippen LogP contribution in [0.15, 0.2) is 16.8 Å². The Labute approximate surface area is 148 Å². The van der Waals surface area contributed by atoms with E-state index in [4.69, 9.17) is 9.26 Å². The fourth-order valence-corrected chi connectivity index (χ4v) is 4.40. The van der Waals surface area contributed by atoms with Crippen molar-refractivity contribution in [1.29, 1.82) is 0 Å². The largest absolute Gasteiger partial charge is 0.375 e. The maximum Gasteiger partial charge on any atom is 0.292 e. The molecule has 3 fully saturated rings. The Balaban J connectivity index is 1.36. The van der Waals surface area contributed by atoms with Crippen molar-refractivity contribution in [3.05, 3.63) is 18.0 Å². The third-order valence-electron chi connectivity index (χ3n) is 5.82. The molecule has 3 saturated heterocycles. The van der Waals surface area contributed by atoms with Crippen LogP contribution in [0.25, 0.3) is 0 Å². The summed E-state index contributed by atoms with van der Waals surface area (Å²) in [7, 11) is 0. The Hall–Kier alpha value is -1.44. The zero-order valence-corrected chi connectivity index (χ0v) is 14.8. The average Bonchev–Trinajstić information content (AvgIpc) is 3.30. The highest BCUT2D eigenvalue weighted by Gasteiger charge is 2.36. The van der Waals surface area contributed by atoms with Gasteiger partial charge >= 0.3 is 0 Å². The van der Waals surface area contributed by atoms with E-state index in [1.54, 1.807) is 6.07 Å². The lowest BCUT2D eigenvalue weighted by atomic mass is 10.0. The third kappa shape index (κ3) is 3.88. The van der Waals surface area contributed by atoms with Gasteiger partial charge in [0.25, 0.3) is 5.91 Å². The topological polar surface area (TPSA) is 62.1 Å². The molecule has 3 aliphatic rings. The van der Waals surface area contributed by atoms with E-state index in [2.05, 4.69) is 15.0 Å². The van der Waals surface area contributed by atoms with E-state index in [0.717, 1.165) is 52.2 Å². The number of hydrogen-bond acceptors (Lipinski definition) is 6. The Bertz CT molecular complexity index is 559. The number of nitrogens with zero attached hydrogens (tertiary/aromatic N) is 4. The number of ether oxygens (including phenoxy) is 1. The quantitative estimate of drug-likeness (QED) is 0.811. The highest BCUT2D eigenvalue weighted by Crippen LogP contribution is 2.24.